The van der Waals surface area contributed by atoms with Crippen molar-refractivity contribution in [3.05, 3.63) is 0 Å². The van der Waals surface area contributed by atoms with Gasteiger partial charge in [0, 0.05) is 13.0 Å². The van der Waals surface area contributed by atoms with E-state index < -0.39 is 0 Å². The molecule has 0 saturated heterocycles. The van der Waals surface area contributed by atoms with E-state index in [1.54, 1.807) is 0 Å². The third-order valence-electron chi connectivity index (χ3n) is 2.85. The zero-order valence-corrected chi connectivity index (χ0v) is 12.1. The summed E-state index contributed by atoms with van der Waals surface area (Å²) in [5.41, 5.74) is 0. The molecule has 0 aromatic heterocycles. The molecule has 0 fully saturated rings. The van der Waals surface area contributed by atoms with Gasteiger partial charge in [-0.2, -0.15) is 0 Å². The average molecular weight is 260 g/mol. The zero-order valence-electron chi connectivity index (χ0n) is 12.1. The summed E-state index contributed by atoms with van der Waals surface area (Å²) < 4.78 is 15.5. The molecule has 4 nitrogen and oxygen atoms in total. The number of carbonyl (C=O) groups is 1. The fraction of sp³-hybridized carbons (Fsp3) is 0.929. The van der Waals surface area contributed by atoms with E-state index in [-0.39, 0.29) is 5.97 Å². The van der Waals surface area contributed by atoms with Crippen molar-refractivity contribution in [1.29, 1.82) is 0 Å². The summed E-state index contributed by atoms with van der Waals surface area (Å²) in [6.45, 7) is 6.31. The van der Waals surface area contributed by atoms with Gasteiger partial charge in [0.15, 0.2) is 0 Å². The average Bonchev–Trinajstić information content (AvgIpc) is 2.40. The van der Waals surface area contributed by atoms with Crippen molar-refractivity contribution in [3.63, 3.8) is 0 Å². The van der Waals surface area contributed by atoms with Gasteiger partial charge < -0.3 is 14.2 Å². The molecule has 0 aromatic carbocycles. The molecule has 0 N–H and O–H groups in total. The molecule has 0 rings (SSSR count). The van der Waals surface area contributed by atoms with E-state index in [9.17, 15) is 4.79 Å². The lowest BCUT2D eigenvalue weighted by molar-refractivity contribution is -0.140. The number of methoxy groups -OCH3 is 1. The van der Waals surface area contributed by atoms with E-state index in [1.807, 2.05) is 0 Å². The first-order chi connectivity index (χ1) is 8.70. The van der Waals surface area contributed by atoms with E-state index in [4.69, 9.17) is 9.47 Å². The second-order valence-corrected chi connectivity index (χ2v) is 4.44. The van der Waals surface area contributed by atoms with Gasteiger partial charge in [0.2, 0.25) is 0 Å². The molecule has 0 bridgehead atoms. The predicted octanol–water partition coefficient (Wildman–Crippen LogP) is 2.94. The van der Waals surface area contributed by atoms with Gasteiger partial charge in [0.05, 0.1) is 26.4 Å². The van der Waals surface area contributed by atoms with Crippen LogP contribution in [0.25, 0.3) is 0 Å². The predicted molar refractivity (Wildman–Crippen MR) is 71.6 cm³/mol. The van der Waals surface area contributed by atoms with Crippen LogP contribution in [-0.4, -0.2) is 39.0 Å². The Kier molecular flexibility index (Phi) is 12.4. The molecule has 4 heteroatoms. The quantitative estimate of drug-likeness (QED) is 0.400. The molecule has 0 aliphatic rings. The highest BCUT2D eigenvalue weighted by Gasteiger charge is 1.99. The van der Waals surface area contributed by atoms with E-state index in [1.165, 1.54) is 7.11 Å². The summed E-state index contributed by atoms with van der Waals surface area (Å²) in [5, 5.41) is 0. The molecule has 0 aliphatic heterocycles. The van der Waals surface area contributed by atoms with Crippen LogP contribution in [0.2, 0.25) is 0 Å². The van der Waals surface area contributed by atoms with Gasteiger partial charge in [-0.05, 0) is 26.2 Å². The SMILES string of the molecule is CCC(C)OCCOCCCCCCC(=O)OC. The number of rotatable bonds is 12. The molecule has 0 aromatic rings. The first-order valence-electron chi connectivity index (χ1n) is 6.96. The summed E-state index contributed by atoms with van der Waals surface area (Å²) in [7, 11) is 1.43. The van der Waals surface area contributed by atoms with Crippen LogP contribution in [0.5, 0.6) is 0 Å². The first kappa shape index (κ1) is 17.4. The summed E-state index contributed by atoms with van der Waals surface area (Å²) in [5.74, 6) is -0.117. The van der Waals surface area contributed by atoms with Crippen LogP contribution in [-0.2, 0) is 19.0 Å². The molecule has 0 aliphatic carbocycles. The Bertz CT molecular complexity index is 194. The highest BCUT2D eigenvalue weighted by molar-refractivity contribution is 5.68. The molecule has 0 saturated carbocycles. The highest BCUT2D eigenvalue weighted by Crippen LogP contribution is 2.04. The topological polar surface area (TPSA) is 44.8 Å². The molecular weight excluding hydrogens is 232 g/mol. The standard InChI is InChI=1S/C14H28O4/c1-4-13(2)18-12-11-17-10-8-6-5-7-9-14(15)16-3/h13H,4-12H2,1-3H3. The van der Waals surface area contributed by atoms with Crippen molar-refractivity contribution in [3.8, 4) is 0 Å². The van der Waals surface area contributed by atoms with E-state index in [0.29, 0.717) is 25.7 Å². The summed E-state index contributed by atoms with van der Waals surface area (Å²) in [4.78, 5) is 10.8. The number of carbonyl (C=O) groups excluding carboxylic acids is 1. The third kappa shape index (κ3) is 11.9. The fourth-order valence-corrected chi connectivity index (χ4v) is 1.46. The summed E-state index contributed by atoms with van der Waals surface area (Å²) in [6, 6.07) is 0. The molecule has 0 spiro atoms. The Morgan fingerprint density at radius 2 is 1.78 bits per heavy atom. The lowest BCUT2D eigenvalue weighted by atomic mass is 10.1. The van der Waals surface area contributed by atoms with Crippen LogP contribution >= 0.6 is 0 Å². The second kappa shape index (κ2) is 12.8. The van der Waals surface area contributed by atoms with E-state index in [0.717, 1.165) is 38.7 Å². The van der Waals surface area contributed by atoms with Crippen LogP contribution in [0.3, 0.4) is 0 Å². The number of unbranched alkanes of at least 4 members (excludes halogenated alkanes) is 3. The van der Waals surface area contributed by atoms with Crippen molar-refractivity contribution in [2.45, 2.75) is 58.5 Å². The Labute approximate surface area is 111 Å². The molecule has 18 heavy (non-hydrogen) atoms. The lowest BCUT2D eigenvalue weighted by Crippen LogP contribution is -2.12. The monoisotopic (exact) mass is 260 g/mol. The molecule has 0 amide bonds. The van der Waals surface area contributed by atoms with E-state index in [2.05, 4.69) is 18.6 Å². The van der Waals surface area contributed by atoms with Gasteiger partial charge in [0.1, 0.15) is 0 Å². The largest absolute Gasteiger partial charge is 0.469 e. The molecular formula is C14H28O4. The van der Waals surface area contributed by atoms with Gasteiger partial charge in [-0.15, -0.1) is 0 Å². The maximum atomic E-state index is 10.8. The van der Waals surface area contributed by atoms with Gasteiger partial charge in [-0.1, -0.05) is 19.8 Å². The molecule has 0 heterocycles. The van der Waals surface area contributed by atoms with Gasteiger partial charge in [-0.25, -0.2) is 0 Å². The van der Waals surface area contributed by atoms with Crippen LogP contribution in [0.15, 0.2) is 0 Å². The minimum atomic E-state index is -0.117. The fourth-order valence-electron chi connectivity index (χ4n) is 1.46. The molecule has 108 valence electrons. The molecule has 1 atom stereocenters. The number of hydrogen-bond acceptors (Lipinski definition) is 4. The maximum absolute atomic E-state index is 10.8. The van der Waals surface area contributed by atoms with E-state index >= 15 is 0 Å². The maximum Gasteiger partial charge on any atom is 0.305 e. The van der Waals surface area contributed by atoms with Crippen LogP contribution in [0.1, 0.15) is 52.4 Å². The first-order valence-corrected chi connectivity index (χ1v) is 6.96. The van der Waals surface area contributed by atoms with Crippen LogP contribution in [0, 0.1) is 0 Å². The smallest absolute Gasteiger partial charge is 0.305 e. The lowest BCUT2D eigenvalue weighted by Gasteiger charge is -2.10. The van der Waals surface area contributed by atoms with Gasteiger partial charge in [-0.3, -0.25) is 4.79 Å². The third-order valence-corrected chi connectivity index (χ3v) is 2.85. The Hall–Kier alpha value is -0.610. The van der Waals surface area contributed by atoms with Crippen LogP contribution < -0.4 is 0 Å². The minimum Gasteiger partial charge on any atom is -0.469 e. The number of hydrogen-bond donors (Lipinski definition) is 0. The van der Waals surface area contributed by atoms with Gasteiger partial charge >= 0.3 is 5.97 Å². The van der Waals surface area contributed by atoms with Crippen molar-refractivity contribution in [2.24, 2.45) is 0 Å². The zero-order chi connectivity index (χ0) is 13.6. The van der Waals surface area contributed by atoms with Crippen molar-refractivity contribution < 1.29 is 19.0 Å². The Morgan fingerprint density at radius 3 is 2.44 bits per heavy atom. The molecule has 0 radical (unpaired) electrons. The Balaban J connectivity index is 3.05. The van der Waals surface area contributed by atoms with Crippen molar-refractivity contribution in [2.75, 3.05) is 26.9 Å². The highest BCUT2D eigenvalue weighted by atomic mass is 16.5. The minimum absolute atomic E-state index is 0.117. The number of esters is 1. The normalized spacial score (nSPS) is 12.4. The van der Waals surface area contributed by atoms with Gasteiger partial charge in [0.25, 0.3) is 0 Å². The molecule has 1 unspecified atom stereocenters. The Morgan fingerprint density at radius 1 is 1.06 bits per heavy atom. The summed E-state index contributed by atoms with van der Waals surface area (Å²) in [6.07, 6.45) is 6.01. The van der Waals surface area contributed by atoms with Crippen molar-refractivity contribution in [1.82, 2.24) is 0 Å². The number of ether oxygens (including phenoxy) is 3. The van der Waals surface area contributed by atoms with Crippen molar-refractivity contribution >= 4 is 5.97 Å². The second-order valence-electron chi connectivity index (χ2n) is 4.44. The van der Waals surface area contributed by atoms with Crippen LogP contribution in [0.4, 0.5) is 0 Å². The summed E-state index contributed by atoms with van der Waals surface area (Å²) >= 11 is 0.